The summed E-state index contributed by atoms with van der Waals surface area (Å²) < 4.78 is 13.4. The van der Waals surface area contributed by atoms with Crippen LogP contribution < -0.4 is 4.90 Å². The van der Waals surface area contributed by atoms with Gasteiger partial charge in [0.25, 0.3) is 0 Å². The highest BCUT2D eigenvalue weighted by atomic mass is 35.5. The van der Waals surface area contributed by atoms with Gasteiger partial charge in [-0.05, 0) is 43.2 Å². The zero-order chi connectivity index (χ0) is 18.3. The van der Waals surface area contributed by atoms with Crippen molar-refractivity contribution in [3.05, 3.63) is 47.2 Å². The fraction of sp³-hybridized carbons (Fsp3) is 0.263. The van der Waals surface area contributed by atoms with E-state index in [0.29, 0.717) is 34.9 Å². The molecule has 0 aliphatic carbocycles. The first kappa shape index (κ1) is 19.5. The van der Waals surface area contributed by atoms with E-state index in [4.69, 9.17) is 11.6 Å². The Morgan fingerprint density at radius 3 is 2.89 bits per heavy atom. The van der Waals surface area contributed by atoms with Crippen LogP contribution in [0.15, 0.2) is 36.4 Å². The molecule has 4 rings (SSSR count). The number of hydrogen-bond donors (Lipinski definition) is 2. The lowest BCUT2D eigenvalue weighted by Crippen LogP contribution is -2.38. The summed E-state index contributed by atoms with van der Waals surface area (Å²) in [6, 6.07) is 9.96. The van der Waals surface area contributed by atoms with Crippen molar-refractivity contribution < 1.29 is 14.3 Å². The first-order valence-corrected chi connectivity index (χ1v) is 8.82. The summed E-state index contributed by atoms with van der Waals surface area (Å²) >= 11 is 6.36. The van der Waals surface area contributed by atoms with Crippen LogP contribution in [0.3, 0.4) is 0 Å². The third kappa shape index (κ3) is 3.87. The number of carboxylic acids is 1. The van der Waals surface area contributed by atoms with Crippen LogP contribution in [-0.2, 0) is 4.79 Å². The number of H-pyrrole nitrogens is 1. The predicted molar refractivity (Wildman–Crippen MR) is 106 cm³/mol. The Labute approximate surface area is 166 Å². The van der Waals surface area contributed by atoms with Gasteiger partial charge in [-0.2, -0.15) is 0 Å². The summed E-state index contributed by atoms with van der Waals surface area (Å²) in [5, 5.41) is 9.82. The molecule has 0 amide bonds. The molecule has 27 heavy (non-hydrogen) atoms. The summed E-state index contributed by atoms with van der Waals surface area (Å²) in [5.41, 5.74) is 2.87. The topological polar surface area (TPSA) is 69.2 Å². The third-order valence-corrected chi connectivity index (χ3v) is 5.12. The second kappa shape index (κ2) is 7.74. The predicted octanol–water partition coefficient (Wildman–Crippen LogP) is 4.75. The molecule has 1 saturated heterocycles. The van der Waals surface area contributed by atoms with Crippen molar-refractivity contribution in [3.8, 4) is 11.4 Å². The second-order valence-electron chi connectivity index (χ2n) is 6.53. The second-order valence-corrected chi connectivity index (χ2v) is 6.94. The van der Waals surface area contributed by atoms with Gasteiger partial charge < -0.3 is 15.0 Å². The van der Waals surface area contributed by atoms with Crippen molar-refractivity contribution >= 4 is 46.7 Å². The van der Waals surface area contributed by atoms with E-state index >= 15 is 0 Å². The molecule has 0 saturated carbocycles. The van der Waals surface area contributed by atoms with Gasteiger partial charge in [0.2, 0.25) is 0 Å². The summed E-state index contributed by atoms with van der Waals surface area (Å²) in [6.07, 6.45) is 1.53. The van der Waals surface area contributed by atoms with E-state index in [-0.39, 0.29) is 24.1 Å². The summed E-state index contributed by atoms with van der Waals surface area (Å²) in [6.45, 7) is 1.28. The van der Waals surface area contributed by atoms with Crippen LogP contribution >= 0.6 is 24.0 Å². The minimum Gasteiger partial charge on any atom is -0.481 e. The molecule has 8 heteroatoms. The molecular formula is C19H18Cl2FN3O2. The van der Waals surface area contributed by atoms with E-state index in [1.54, 1.807) is 12.1 Å². The third-order valence-electron chi connectivity index (χ3n) is 4.79. The Bertz CT molecular complexity index is 992. The average Bonchev–Trinajstić information content (AvgIpc) is 3.05. The normalized spacial score (nSPS) is 17.0. The number of anilines is 1. The molecule has 1 aliphatic rings. The maximum atomic E-state index is 13.4. The molecule has 0 spiro atoms. The number of halogens is 3. The Morgan fingerprint density at radius 1 is 1.30 bits per heavy atom. The fourth-order valence-corrected chi connectivity index (χ4v) is 3.62. The molecule has 3 aromatic rings. The number of benzene rings is 2. The zero-order valence-electron chi connectivity index (χ0n) is 14.3. The smallest absolute Gasteiger partial charge is 0.308 e. The van der Waals surface area contributed by atoms with Crippen LogP contribution in [0.25, 0.3) is 22.4 Å². The van der Waals surface area contributed by atoms with Gasteiger partial charge in [-0.3, -0.25) is 4.79 Å². The van der Waals surface area contributed by atoms with Gasteiger partial charge in [0.15, 0.2) is 0 Å². The molecule has 142 valence electrons. The lowest BCUT2D eigenvalue weighted by Gasteiger charge is -2.32. The number of carbonyl (C=O) groups is 1. The first-order valence-electron chi connectivity index (χ1n) is 8.44. The number of hydrogen-bond acceptors (Lipinski definition) is 3. The minimum atomic E-state index is -0.761. The average molecular weight is 410 g/mol. The van der Waals surface area contributed by atoms with E-state index in [9.17, 15) is 14.3 Å². The van der Waals surface area contributed by atoms with E-state index in [1.165, 1.54) is 12.1 Å². The standard InChI is InChI=1S/C19H17ClFN3O2.ClH/c20-15-5-4-13(24-7-1-2-11(10-24)19(25)26)9-14(15)18-22-16-6-3-12(21)8-17(16)23-18;/h3-6,8-9,11H,1-2,7,10H2,(H,22,23)(H,25,26);1H/t11-;/m1./s1. The summed E-state index contributed by atoms with van der Waals surface area (Å²) in [7, 11) is 0. The molecule has 1 aliphatic heterocycles. The lowest BCUT2D eigenvalue weighted by atomic mass is 9.97. The summed E-state index contributed by atoms with van der Waals surface area (Å²) in [5.74, 6) is -0.909. The molecule has 1 fully saturated rings. The van der Waals surface area contributed by atoms with Gasteiger partial charge >= 0.3 is 5.97 Å². The van der Waals surface area contributed by atoms with E-state index < -0.39 is 5.97 Å². The van der Waals surface area contributed by atoms with Crippen molar-refractivity contribution in [2.24, 2.45) is 5.92 Å². The maximum Gasteiger partial charge on any atom is 0.308 e. The molecule has 2 heterocycles. The molecule has 0 bridgehead atoms. The number of aliphatic carboxylic acids is 1. The molecule has 1 aromatic heterocycles. The highest BCUT2D eigenvalue weighted by molar-refractivity contribution is 6.33. The number of aromatic nitrogens is 2. The van der Waals surface area contributed by atoms with Crippen molar-refractivity contribution in [3.63, 3.8) is 0 Å². The number of aromatic amines is 1. The number of nitrogens with zero attached hydrogens (tertiary/aromatic N) is 2. The quantitative estimate of drug-likeness (QED) is 0.654. The number of nitrogens with one attached hydrogen (secondary N) is 1. The van der Waals surface area contributed by atoms with Crippen molar-refractivity contribution in [1.29, 1.82) is 0 Å². The molecule has 1 atom stereocenters. The number of fused-ring (bicyclic) bond motifs is 1. The van der Waals surface area contributed by atoms with Gasteiger partial charge in [0, 0.05) is 30.4 Å². The van der Waals surface area contributed by atoms with Gasteiger partial charge in [-0.25, -0.2) is 9.37 Å². The molecular weight excluding hydrogens is 392 g/mol. The van der Waals surface area contributed by atoms with Gasteiger partial charge in [0.1, 0.15) is 11.6 Å². The molecule has 5 nitrogen and oxygen atoms in total. The van der Waals surface area contributed by atoms with E-state index in [1.807, 2.05) is 12.1 Å². The van der Waals surface area contributed by atoms with Crippen LogP contribution in [0, 0.1) is 11.7 Å². The highest BCUT2D eigenvalue weighted by Gasteiger charge is 2.26. The van der Waals surface area contributed by atoms with Crippen molar-refractivity contribution in [2.75, 3.05) is 18.0 Å². The van der Waals surface area contributed by atoms with Gasteiger partial charge in [0.05, 0.1) is 22.0 Å². The zero-order valence-corrected chi connectivity index (χ0v) is 15.9. The van der Waals surface area contributed by atoms with E-state index in [2.05, 4.69) is 14.9 Å². The SMILES string of the molecule is Cl.O=C(O)[C@@H]1CCCN(c2ccc(Cl)c(-c3nc4cc(F)ccc4[nH]3)c2)C1. The Kier molecular flexibility index (Phi) is 5.58. The summed E-state index contributed by atoms with van der Waals surface area (Å²) in [4.78, 5) is 21.0. The van der Waals surface area contributed by atoms with E-state index in [0.717, 1.165) is 24.2 Å². The van der Waals surface area contributed by atoms with Gasteiger partial charge in [-0.15, -0.1) is 12.4 Å². The van der Waals surface area contributed by atoms with Crippen molar-refractivity contribution in [1.82, 2.24) is 9.97 Å². The molecule has 0 unspecified atom stereocenters. The highest BCUT2D eigenvalue weighted by Crippen LogP contribution is 2.33. The number of rotatable bonds is 3. The van der Waals surface area contributed by atoms with Crippen LogP contribution in [-0.4, -0.2) is 34.1 Å². The number of imidazole rings is 1. The van der Waals surface area contributed by atoms with Crippen LogP contribution in [0.5, 0.6) is 0 Å². The molecule has 2 aromatic carbocycles. The number of carboxylic acid groups (broad SMARTS) is 1. The monoisotopic (exact) mass is 409 g/mol. The van der Waals surface area contributed by atoms with Crippen LogP contribution in [0.2, 0.25) is 5.02 Å². The fourth-order valence-electron chi connectivity index (χ4n) is 3.41. The molecule has 0 radical (unpaired) electrons. The minimum absolute atomic E-state index is 0. The lowest BCUT2D eigenvalue weighted by molar-refractivity contribution is -0.141. The van der Waals surface area contributed by atoms with Crippen LogP contribution in [0.4, 0.5) is 10.1 Å². The van der Waals surface area contributed by atoms with Crippen molar-refractivity contribution in [2.45, 2.75) is 12.8 Å². The molecule has 2 N–H and O–H groups in total. The van der Waals surface area contributed by atoms with Crippen LogP contribution in [0.1, 0.15) is 12.8 Å². The Hall–Kier alpha value is -2.31. The maximum absolute atomic E-state index is 13.4. The first-order chi connectivity index (χ1) is 12.5. The largest absolute Gasteiger partial charge is 0.481 e. The Morgan fingerprint density at radius 2 is 2.11 bits per heavy atom. The van der Waals surface area contributed by atoms with Gasteiger partial charge in [-0.1, -0.05) is 11.6 Å². The Balaban J connectivity index is 0.00000210. The number of piperidine rings is 1.